The molecule has 0 aliphatic rings. The van der Waals surface area contributed by atoms with E-state index in [1.807, 2.05) is 26.0 Å². The summed E-state index contributed by atoms with van der Waals surface area (Å²) >= 11 is 0. The normalized spacial score (nSPS) is 12.4. The molecule has 6 rings (SSSR count). The molecule has 4 aromatic heterocycles. The number of methoxy groups -OCH3 is 1. The van der Waals surface area contributed by atoms with Crippen LogP contribution >= 0.6 is 0 Å². The number of aryl methyl sites for hydroxylation is 4. The molecule has 292 valence electrons. The monoisotopic (exact) mass is 764 g/mol. The molecule has 0 unspecified atom stereocenters. The van der Waals surface area contributed by atoms with Gasteiger partial charge in [0.15, 0.2) is 0 Å². The molecule has 2 aromatic carbocycles. The van der Waals surface area contributed by atoms with Crippen molar-refractivity contribution in [2.75, 3.05) is 20.3 Å². The van der Waals surface area contributed by atoms with Crippen LogP contribution in [0.15, 0.2) is 64.6 Å². The van der Waals surface area contributed by atoms with Crippen LogP contribution in [-0.2, 0) is 30.9 Å². The van der Waals surface area contributed by atoms with Crippen molar-refractivity contribution in [3.8, 4) is 5.75 Å². The lowest BCUT2D eigenvalue weighted by atomic mass is 10.1. The first-order chi connectivity index (χ1) is 26.9. The lowest BCUT2D eigenvalue weighted by molar-refractivity contribution is 0.0978. The number of aromatic amines is 2. The molecular weight excluding hydrogens is 720 g/mol. The van der Waals surface area contributed by atoms with Crippen molar-refractivity contribution < 1.29 is 28.7 Å². The molecule has 0 aliphatic carbocycles. The van der Waals surface area contributed by atoms with Crippen molar-refractivity contribution in [2.24, 2.45) is 21.5 Å². The number of nitrogens with one attached hydrogen (secondary N) is 2. The molecule has 4 heterocycles. The van der Waals surface area contributed by atoms with Gasteiger partial charge in [-0.1, -0.05) is 12.2 Å². The highest BCUT2D eigenvalue weighted by molar-refractivity contribution is 5.99. The summed E-state index contributed by atoms with van der Waals surface area (Å²) in [5, 5.41) is 8.76. The summed E-state index contributed by atoms with van der Waals surface area (Å²) in [5.74, 6) is -1.91. The highest BCUT2D eigenvalue weighted by Gasteiger charge is 2.19. The Hall–Kier alpha value is -6.82. The van der Waals surface area contributed by atoms with Crippen molar-refractivity contribution in [1.29, 1.82) is 0 Å². The molecule has 0 saturated carbocycles. The number of fused-ring (bicyclic) bond motifs is 2. The van der Waals surface area contributed by atoms with E-state index in [-0.39, 0.29) is 42.1 Å². The largest absolute Gasteiger partial charge is 0.491 e. The van der Waals surface area contributed by atoms with Gasteiger partial charge in [0.25, 0.3) is 11.8 Å². The number of imidazole rings is 2. The van der Waals surface area contributed by atoms with E-state index in [0.29, 0.717) is 76.7 Å². The first-order valence-corrected chi connectivity index (χ1v) is 18.0. The van der Waals surface area contributed by atoms with E-state index in [4.69, 9.17) is 20.9 Å². The Morgan fingerprint density at radius 3 is 1.88 bits per heavy atom. The molecule has 0 aliphatic heterocycles. The molecule has 6 aromatic rings. The number of benzene rings is 2. The van der Waals surface area contributed by atoms with Crippen LogP contribution < -0.4 is 27.4 Å². The van der Waals surface area contributed by atoms with Crippen molar-refractivity contribution in [3.05, 3.63) is 99.8 Å². The lowest BCUT2D eigenvalue weighted by Gasteiger charge is -2.11. The zero-order chi connectivity index (χ0) is 40.1. The first kappa shape index (κ1) is 38.9. The minimum Gasteiger partial charge on any atom is -0.491 e. The first-order valence-electron chi connectivity index (χ1n) is 18.0. The van der Waals surface area contributed by atoms with E-state index >= 15 is 0 Å². The van der Waals surface area contributed by atoms with Gasteiger partial charge in [-0.3, -0.25) is 28.5 Å². The molecule has 0 spiro atoms. The Labute approximate surface area is 320 Å². The third-order valence-corrected chi connectivity index (χ3v) is 8.95. The number of nitrogens with two attached hydrogens (primary N) is 2. The van der Waals surface area contributed by atoms with E-state index < -0.39 is 23.6 Å². The molecule has 56 heavy (non-hydrogen) atoms. The van der Waals surface area contributed by atoms with Gasteiger partial charge >= 0.3 is 0 Å². The predicted octanol–water partition coefficient (Wildman–Crippen LogP) is 2.65. The molecule has 18 nitrogen and oxygen atoms in total. The van der Waals surface area contributed by atoms with Gasteiger partial charge in [0.05, 0.1) is 34.5 Å². The highest BCUT2D eigenvalue weighted by atomic mass is 16.5. The third-order valence-electron chi connectivity index (χ3n) is 8.95. The number of hydrogen-bond acceptors (Lipinski definition) is 8. The number of carbonyl (C=O) groups is 4. The van der Waals surface area contributed by atoms with E-state index in [9.17, 15) is 19.2 Å². The summed E-state index contributed by atoms with van der Waals surface area (Å²) in [4.78, 5) is 66.6. The summed E-state index contributed by atoms with van der Waals surface area (Å²) in [6, 6.07) is 11.4. The molecule has 0 saturated heterocycles. The van der Waals surface area contributed by atoms with Crippen LogP contribution in [0.1, 0.15) is 73.3 Å². The lowest BCUT2D eigenvalue weighted by Crippen LogP contribution is -2.22. The number of nitrogens with zero attached hydrogens (tertiary/aromatic N) is 8. The Balaban J connectivity index is 1.43. The van der Waals surface area contributed by atoms with E-state index in [0.717, 1.165) is 0 Å². The van der Waals surface area contributed by atoms with Crippen LogP contribution in [-0.4, -0.2) is 82.6 Å². The summed E-state index contributed by atoms with van der Waals surface area (Å²) in [6.07, 6.45) is 4.31. The minimum absolute atomic E-state index is 0.192. The van der Waals surface area contributed by atoms with E-state index in [2.05, 4.69) is 30.2 Å². The molecule has 0 fully saturated rings. The fraction of sp³-hybridized carbons (Fsp3) is 0.316. The minimum atomic E-state index is -0.653. The Morgan fingerprint density at radius 1 is 0.750 bits per heavy atom. The number of allylic oxidation sites excluding steroid dienone is 2. The molecule has 0 radical (unpaired) electrons. The standard InChI is InChI=1S/C38H44N12O6/c1-6-49-29(17-22(3)45-49)35(53)43-37-41-26-19-24(33(39)51)11-12-28(26)47(37)13-8-9-14-48-32-27(20-25(34(40)52)21-31(32)56-16-10-15-55-5)42-38(48)44-36(54)30-18-23(4)46-50(30)7-2/h8-9,11-12,17-21H,6-7,10,13-16H2,1-5H3,(H2,39,51)(H2,40,52)(H,41,43,53)(H,42,44,54)/b9-8+. The Kier molecular flexibility index (Phi) is 11.6. The second kappa shape index (κ2) is 16.7. The molecule has 0 bridgehead atoms. The maximum Gasteiger partial charge on any atom is 0.298 e. The number of carbonyl (C=O) groups excluding carboxylic acids is 4. The number of hydrogen-bond donors (Lipinski definition) is 4. The van der Waals surface area contributed by atoms with Crippen molar-refractivity contribution >= 4 is 45.7 Å². The number of amides is 4. The van der Waals surface area contributed by atoms with E-state index in [1.54, 1.807) is 81.9 Å². The van der Waals surface area contributed by atoms with Gasteiger partial charge in [0, 0.05) is 57.4 Å². The SMILES string of the molecule is CCn1nc(C)cc1C(=O)/N=c1/[nH]c2cc(C(N)=O)ccc2n1C/C=C/Cn1/c(=N\C(=O)c2cc(C)nn2CC)[nH]c2cc(C(N)=O)cc(OCCCOC)c21. The van der Waals surface area contributed by atoms with Crippen molar-refractivity contribution in [1.82, 2.24) is 38.7 Å². The maximum absolute atomic E-state index is 13.6. The van der Waals surface area contributed by atoms with Gasteiger partial charge in [-0.05, 0) is 70.2 Å². The van der Waals surface area contributed by atoms with Crippen LogP contribution in [0.2, 0.25) is 0 Å². The summed E-state index contributed by atoms with van der Waals surface area (Å²) < 4.78 is 18.1. The van der Waals surface area contributed by atoms with Crippen LogP contribution in [0.25, 0.3) is 22.1 Å². The predicted molar refractivity (Wildman–Crippen MR) is 206 cm³/mol. The van der Waals surface area contributed by atoms with Gasteiger partial charge < -0.3 is 40.0 Å². The van der Waals surface area contributed by atoms with Gasteiger partial charge in [-0.2, -0.15) is 20.2 Å². The fourth-order valence-corrected chi connectivity index (χ4v) is 6.36. The average Bonchev–Trinajstić information content (AvgIpc) is 3.93. The molecule has 0 atom stereocenters. The highest BCUT2D eigenvalue weighted by Crippen LogP contribution is 2.27. The Morgan fingerprint density at radius 2 is 1.30 bits per heavy atom. The van der Waals surface area contributed by atoms with Crippen LogP contribution in [0.4, 0.5) is 0 Å². The summed E-state index contributed by atoms with van der Waals surface area (Å²) in [6.45, 7) is 9.50. The van der Waals surface area contributed by atoms with Gasteiger partial charge in [0.2, 0.25) is 23.1 Å². The number of primary amides is 2. The van der Waals surface area contributed by atoms with Crippen molar-refractivity contribution in [3.63, 3.8) is 0 Å². The van der Waals surface area contributed by atoms with Gasteiger partial charge in [0.1, 0.15) is 22.7 Å². The zero-order valence-corrected chi connectivity index (χ0v) is 31.8. The fourth-order valence-electron chi connectivity index (χ4n) is 6.36. The average molecular weight is 765 g/mol. The topological polar surface area (TPSA) is 241 Å². The zero-order valence-electron chi connectivity index (χ0n) is 31.8. The maximum atomic E-state index is 13.6. The quantitative estimate of drug-likeness (QED) is 0.0893. The van der Waals surface area contributed by atoms with Gasteiger partial charge in [-0.25, -0.2) is 0 Å². The molecule has 6 N–H and O–H groups in total. The van der Waals surface area contributed by atoms with E-state index in [1.165, 1.54) is 0 Å². The number of aromatic nitrogens is 8. The number of H-pyrrole nitrogens is 2. The Bertz CT molecular complexity index is 2650. The smallest absolute Gasteiger partial charge is 0.298 e. The second-order valence-electron chi connectivity index (χ2n) is 12.9. The number of rotatable bonds is 15. The molecule has 4 amide bonds. The van der Waals surface area contributed by atoms with Crippen LogP contribution in [0, 0.1) is 13.8 Å². The van der Waals surface area contributed by atoms with Gasteiger partial charge in [-0.15, -0.1) is 0 Å². The molecule has 18 heteroatoms. The molecular formula is C38H44N12O6. The number of ether oxygens (including phenoxy) is 2. The summed E-state index contributed by atoms with van der Waals surface area (Å²) in [5.41, 5.74) is 16.4. The van der Waals surface area contributed by atoms with Crippen LogP contribution in [0.5, 0.6) is 5.75 Å². The third kappa shape index (κ3) is 8.14. The van der Waals surface area contributed by atoms with Crippen molar-refractivity contribution in [2.45, 2.75) is 60.3 Å². The van der Waals surface area contributed by atoms with Crippen LogP contribution in [0.3, 0.4) is 0 Å². The summed E-state index contributed by atoms with van der Waals surface area (Å²) in [7, 11) is 1.60. The second-order valence-corrected chi connectivity index (χ2v) is 12.9.